The fourth-order valence-corrected chi connectivity index (χ4v) is 2.06. The van der Waals surface area contributed by atoms with Gasteiger partial charge < -0.3 is 14.8 Å². The summed E-state index contributed by atoms with van der Waals surface area (Å²) in [7, 11) is 0. The monoisotopic (exact) mass is 229 g/mol. The molecular formula is C13H27NO2. The summed E-state index contributed by atoms with van der Waals surface area (Å²) >= 11 is 0. The lowest BCUT2D eigenvalue weighted by molar-refractivity contribution is -0.0130. The number of hydrogen-bond donors (Lipinski definition) is 1. The van der Waals surface area contributed by atoms with Gasteiger partial charge in [0.2, 0.25) is 0 Å². The highest BCUT2D eigenvalue weighted by Gasteiger charge is 2.16. The van der Waals surface area contributed by atoms with E-state index < -0.39 is 0 Å². The zero-order chi connectivity index (χ0) is 11.6. The molecule has 1 aliphatic rings. The van der Waals surface area contributed by atoms with Gasteiger partial charge in [0.25, 0.3) is 0 Å². The van der Waals surface area contributed by atoms with E-state index in [2.05, 4.69) is 19.2 Å². The Hall–Kier alpha value is -0.120. The van der Waals surface area contributed by atoms with Gasteiger partial charge in [-0.3, -0.25) is 0 Å². The van der Waals surface area contributed by atoms with Crippen molar-refractivity contribution in [2.75, 3.05) is 32.9 Å². The van der Waals surface area contributed by atoms with Gasteiger partial charge in [-0.05, 0) is 31.7 Å². The van der Waals surface area contributed by atoms with E-state index >= 15 is 0 Å². The van der Waals surface area contributed by atoms with Gasteiger partial charge in [-0.25, -0.2) is 0 Å². The third-order valence-corrected chi connectivity index (χ3v) is 3.14. The van der Waals surface area contributed by atoms with Crippen LogP contribution in [0.25, 0.3) is 0 Å². The Morgan fingerprint density at radius 2 is 2.06 bits per heavy atom. The fourth-order valence-electron chi connectivity index (χ4n) is 2.06. The van der Waals surface area contributed by atoms with Crippen LogP contribution in [0.4, 0.5) is 0 Å². The minimum Gasteiger partial charge on any atom is -0.381 e. The average molecular weight is 229 g/mol. The second-order valence-corrected chi connectivity index (χ2v) is 4.61. The summed E-state index contributed by atoms with van der Waals surface area (Å²) < 4.78 is 11.4. The van der Waals surface area contributed by atoms with Crippen LogP contribution in [0.2, 0.25) is 0 Å². The Labute approximate surface area is 99.9 Å². The van der Waals surface area contributed by atoms with E-state index in [9.17, 15) is 0 Å². The summed E-state index contributed by atoms with van der Waals surface area (Å²) in [5.41, 5.74) is 0. The number of nitrogens with one attached hydrogen (secondary N) is 1. The average Bonchev–Trinajstić information content (AvgIpc) is 2.34. The van der Waals surface area contributed by atoms with E-state index in [-0.39, 0.29) is 0 Å². The van der Waals surface area contributed by atoms with E-state index in [1.54, 1.807) is 0 Å². The Morgan fingerprint density at radius 3 is 2.69 bits per heavy atom. The third-order valence-electron chi connectivity index (χ3n) is 3.14. The largest absolute Gasteiger partial charge is 0.381 e. The standard InChI is InChI=1S/C13H27NO2/c1-3-5-13(10-14-4-2)16-11-12-6-8-15-9-7-12/h12-14H,3-11H2,1-2H3. The summed E-state index contributed by atoms with van der Waals surface area (Å²) in [4.78, 5) is 0. The number of hydrogen-bond acceptors (Lipinski definition) is 3. The molecule has 1 rings (SSSR count). The van der Waals surface area contributed by atoms with E-state index in [0.29, 0.717) is 6.10 Å². The van der Waals surface area contributed by atoms with Crippen LogP contribution in [-0.2, 0) is 9.47 Å². The van der Waals surface area contributed by atoms with Crippen LogP contribution in [0.3, 0.4) is 0 Å². The number of rotatable bonds is 8. The SMILES string of the molecule is CCCC(CNCC)OCC1CCOCC1. The molecule has 16 heavy (non-hydrogen) atoms. The van der Waals surface area contributed by atoms with Crippen molar-refractivity contribution in [2.45, 2.75) is 45.6 Å². The van der Waals surface area contributed by atoms with E-state index in [0.717, 1.165) is 45.2 Å². The van der Waals surface area contributed by atoms with Gasteiger partial charge in [-0.2, -0.15) is 0 Å². The molecule has 0 aromatic rings. The first kappa shape index (κ1) is 13.9. The molecule has 0 aromatic heterocycles. The molecule has 0 radical (unpaired) electrons. The third kappa shape index (κ3) is 5.83. The highest BCUT2D eigenvalue weighted by atomic mass is 16.5. The van der Waals surface area contributed by atoms with Crippen molar-refractivity contribution < 1.29 is 9.47 Å². The topological polar surface area (TPSA) is 30.5 Å². The molecule has 1 heterocycles. The van der Waals surface area contributed by atoms with E-state index in [1.807, 2.05) is 0 Å². The predicted molar refractivity (Wildman–Crippen MR) is 66.7 cm³/mol. The number of likely N-dealkylation sites (N-methyl/N-ethyl adjacent to an activating group) is 1. The summed E-state index contributed by atoms with van der Waals surface area (Å²) in [6.07, 6.45) is 5.09. The lowest BCUT2D eigenvalue weighted by atomic mass is 10.0. The summed E-state index contributed by atoms with van der Waals surface area (Å²) in [5.74, 6) is 0.717. The first-order valence-corrected chi connectivity index (χ1v) is 6.76. The van der Waals surface area contributed by atoms with Crippen molar-refractivity contribution in [1.82, 2.24) is 5.32 Å². The smallest absolute Gasteiger partial charge is 0.0699 e. The van der Waals surface area contributed by atoms with Gasteiger partial charge in [0.15, 0.2) is 0 Å². The summed E-state index contributed by atoms with van der Waals surface area (Å²) in [5, 5.41) is 3.37. The Bertz CT molecular complexity index is 158. The van der Waals surface area contributed by atoms with Gasteiger partial charge in [0, 0.05) is 26.4 Å². The molecule has 0 spiro atoms. The van der Waals surface area contributed by atoms with Gasteiger partial charge in [0.1, 0.15) is 0 Å². The summed E-state index contributed by atoms with van der Waals surface area (Å²) in [6, 6.07) is 0. The maximum Gasteiger partial charge on any atom is 0.0699 e. The van der Waals surface area contributed by atoms with Gasteiger partial charge in [0.05, 0.1) is 6.10 Å². The van der Waals surface area contributed by atoms with Crippen molar-refractivity contribution in [3.05, 3.63) is 0 Å². The van der Waals surface area contributed by atoms with Crippen LogP contribution < -0.4 is 5.32 Å². The van der Waals surface area contributed by atoms with E-state index in [1.165, 1.54) is 19.3 Å². The van der Waals surface area contributed by atoms with Gasteiger partial charge in [-0.15, -0.1) is 0 Å². The Morgan fingerprint density at radius 1 is 1.31 bits per heavy atom. The molecule has 3 heteroatoms. The molecule has 3 nitrogen and oxygen atoms in total. The van der Waals surface area contributed by atoms with Crippen LogP contribution in [0.5, 0.6) is 0 Å². The van der Waals surface area contributed by atoms with Gasteiger partial charge >= 0.3 is 0 Å². The predicted octanol–water partition coefficient (Wildman–Crippen LogP) is 2.21. The second kappa shape index (κ2) is 8.97. The van der Waals surface area contributed by atoms with Crippen molar-refractivity contribution >= 4 is 0 Å². The number of ether oxygens (including phenoxy) is 2. The lowest BCUT2D eigenvalue weighted by Gasteiger charge is -2.25. The molecule has 0 amide bonds. The Balaban J connectivity index is 2.14. The Kier molecular flexibility index (Phi) is 7.81. The zero-order valence-corrected chi connectivity index (χ0v) is 10.8. The van der Waals surface area contributed by atoms with Crippen LogP contribution in [-0.4, -0.2) is 39.0 Å². The van der Waals surface area contributed by atoms with Crippen molar-refractivity contribution in [3.8, 4) is 0 Å². The maximum atomic E-state index is 6.01. The second-order valence-electron chi connectivity index (χ2n) is 4.61. The molecule has 0 aliphatic carbocycles. The maximum absolute atomic E-state index is 6.01. The highest BCUT2D eigenvalue weighted by molar-refractivity contribution is 4.66. The molecule has 0 saturated carbocycles. The molecular weight excluding hydrogens is 202 g/mol. The molecule has 96 valence electrons. The molecule has 1 N–H and O–H groups in total. The molecule has 0 bridgehead atoms. The summed E-state index contributed by atoms with van der Waals surface area (Å²) in [6.45, 7) is 9.13. The van der Waals surface area contributed by atoms with E-state index in [4.69, 9.17) is 9.47 Å². The molecule has 1 atom stereocenters. The molecule has 1 unspecified atom stereocenters. The van der Waals surface area contributed by atoms with Gasteiger partial charge in [-0.1, -0.05) is 20.3 Å². The van der Waals surface area contributed by atoms with Crippen molar-refractivity contribution in [2.24, 2.45) is 5.92 Å². The normalized spacial score (nSPS) is 19.9. The molecule has 1 aliphatic heterocycles. The molecule has 1 fully saturated rings. The minimum absolute atomic E-state index is 0.396. The first-order valence-electron chi connectivity index (χ1n) is 6.76. The van der Waals surface area contributed by atoms with Crippen molar-refractivity contribution in [1.29, 1.82) is 0 Å². The molecule has 0 aromatic carbocycles. The van der Waals surface area contributed by atoms with Crippen molar-refractivity contribution in [3.63, 3.8) is 0 Å². The first-order chi connectivity index (χ1) is 7.86. The quantitative estimate of drug-likeness (QED) is 0.692. The lowest BCUT2D eigenvalue weighted by Crippen LogP contribution is -2.31. The zero-order valence-electron chi connectivity index (χ0n) is 10.8. The van der Waals surface area contributed by atoms with Crippen LogP contribution in [0.1, 0.15) is 39.5 Å². The van der Waals surface area contributed by atoms with Crippen LogP contribution >= 0.6 is 0 Å². The molecule has 1 saturated heterocycles. The fraction of sp³-hybridized carbons (Fsp3) is 1.00. The van der Waals surface area contributed by atoms with Crippen LogP contribution in [0, 0.1) is 5.92 Å². The van der Waals surface area contributed by atoms with Crippen LogP contribution in [0.15, 0.2) is 0 Å². The highest BCUT2D eigenvalue weighted by Crippen LogP contribution is 2.16. The minimum atomic E-state index is 0.396.